The summed E-state index contributed by atoms with van der Waals surface area (Å²) in [6, 6.07) is 7.90. The zero-order valence-electron chi connectivity index (χ0n) is 15.1. The van der Waals surface area contributed by atoms with E-state index in [4.69, 9.17) is 0 Å². The molecule has 0 atom stereocenters. The summed E-state index contributed by atoms with van der Waals surface area (Å²) in [6.45, 7) is 6.55. The number of aryl methyl sites for hydroxylation is 1. The zero-order valence-corrected chi connectivity index (χ0v) is 15.1. The largest absolute Gasteiger partial charge is 0.360 e. The van der Waals surface area contributed by atoms with Crippen molar-refractivity contribution in [3.63, 3.8) is 0 Å². The van der Waals surface area contributed by atoms with Crippen LogP contribution in [0.2, 0.25) is 0 Å². The van der Waals surface area contributed by atoms with Gasteiger partial charge in [0, 0.05) is 29.5 Å². The molecule has 2 N–H and O–H groups in total. The Hall–Kier alpha value is -3.21. The first-order valence-corrected chi connectivity index (χ1v) is 8.45. The molecular weight excluding hydrogens is 330 g/mol. The molecule has 26 heavy (non-hydrogen) atoms. The van der Waals surface area contributed by atoms with E-state index in [2.05, 4.69) is 25.9 Å². The minimum Gasteiger partial charge on any atom is -0.360 e. The third kappa shape index (κ3) is 3.57. The number of anilines is 2. The van der Waals surface area contributed by atoms with Crippen molar-refractivity contribution in [1.82, 2.24) is 20.6 Å². The summed E-state index contributed by atoms with van der Waals surface area (Å²) in [4.78, 5) is 14.6. The lowest BCUT2D eigenvalue weighted by atomic mass is 9.92. The van der Waals surface area contributed by atoms with Gasteiger partial charge in [-0.05, 0) is 41.8 Å². The van der Waals surface area contributed by atoms with Crippen LogP contribution in [0.3, 0.4) is 0 Å². The van der Waals surface area contributed by atoms with Gasteiger partial charge < -0.3 is 10.2 Å². The quantitative estimate of drug-likeness (QED) is 0.822. The van der Waals surface area contributed by atoms with Crippen LogP contribution in [0.4, 0.5) is 11.4 Å². The molecule has 1 aromatic carbocycles. The number of amides is 1. The molecule has 134 valence electrons. The van der Waals surface area contributed by atoms with E-state index < -0.39 is 5.41 Å². The van der Waals surface area contributed by atoms with E-state index in [0.29, 0.717) is 0 Å². The number of nitrogens with one attached hydrogen (secondary N) is 2. The van der Waals surface area contributed by atoms with E-state index in [-0.39, 0.29) is 17.3 Å². The van der Waals surface area contributed by atoms with Gasteiger partial charge in [0.2, 0.25) is 11.7 Å². The number of carbonyl (C=O) groups excluding carboxylic acids is 1. The van der Waals surface area contributed by atoms with Gasteiger partial charge in [0.1, 0.15) is 11.6 Å². The zero-order chi connectivity index (χ0) is 18.7. The minimum atomic E-state index is -0.416. The summed E-state index contributed by atoms with van der Waals surface area (Å²) in [5, 5.41) is 25.7. The monoisotopic (exact) mass is 351 g/mol. The Morgan fingerprint density at radius 2 is 2.23 bits per heavy atom. The number of aromatic nitrogens is 4. The lowest BCUT2D eigenvalue weighted by molar-refractivity contribution is -0.125. The lowest BCUT2D eigenvalue weighted by Crippen LogP contribution is -2.42. The molecule has 0 unspecified atom stereocenters. The number of nitriles is 1. The summed E-state index contributed by atoms with van der Waals surface area (Å²) in [7, 11) is 0. The predicted octanol–water partition coefficient (Wildman–Crippen LogP) is 2.50. The van der Waals surface area contributed by atoms with Crippen molar-refractivity contribution < 1.29 is 4.79 Å². The van der Waals surface area contributed by atoms with Gasteiger partial charge in [0.25, 0.3) is 0 Å². The predicted molar refractivity (Wildman–Crippen MR) is 98.0 cm³/mol. The molecule has 0 saturated heterocycles. The summed E-state index contributed by atoms with van der Waals surface area (Å²) < 4.78 is 0. The van der Waals surface area contributed by atoms with Crippen LogP contribution in [0.1, 0.15) is 38.6 Å². The summed E-state index contributed by atoms with van der Waals surface area (Å²) in [5.74, 6) is 0.364. The van der Waals surface area contributed by atoms with Crippen LogP contribution in [-0.2, 0) is 11.2 Å². The van der Waals surface area contributed by atoms with Crippen molar-refractivity contribution in [2.24, 2.45) is 5.41 Å². The Labute approximate surface area is 151 Å². The second-order valence-corrected chi connectivity index (χ2v) is 7.20. The number of carbonyl (C=O) groups is 1. The molecule has 1 aliphatic heterocycles. The Bertz CT molecular complexity index is 872. The maximum Gasteiger partial charge on any atom is 0.232 e. The van der Waals surface area contributed by atoms with E-state index in [1.54, 1.807) is 6.20 Å². The number of nitrogens with zero attached hydrogens (tertiary/aromatic N) is 5. The SMILES string of the molecule is CC(C)(C)C(=O)N1CCCc2cc(NC=C(C#N)c3nn[nH]n3)ccc21. The highest BCUT2D eigenvalue weighted by Crippen LogP contribution is 2.32. The molecule has 0 aliphatic carbocycles. The average molecular weight is 351 g/mol. The molecule has 2 aromatic rings. The number of hydrogen-bond acceptors (Lipinski definition) is 6. The van der Waals surface area contributed by atoms with E-state index in [9.17, 15) is 10.1 Å². The smallest absolute Gasteiger partial charge is 0.232 e. The number of rotatable bonds is 3. The molecule has 3 rings (SSSR count). The van der Waals surface area contributed by atoms with Crippen LogP contribution in [0.15, 0.2) is 24.4 Å². The summed E-state index contributed by atoms with van der Waals surface area (Å²) in [6.07, 6.45) is 3.40. The molecule has 0 saturated carbocycles. The van der Waals surface area contributed by atoms with Gasteiger partial charge in [0.15, 0.2) is 0 Å². The maximum atomic E-state index is 12.7. The molecule has 1 aliphatic rings. The number of tetrazole rings is 1. The highest BCUT2D eigenvalue weighted by atomic mass is 16.2. The normalized spacial score (nSPS) is 14.5. The first kappa shape index (κ1) is 17.6. The van der Waals surface area contributed by atoms with Gasteiger partial charge in [-0.3, -0.25) is 4.79 Å². The van der Waals surface area contributed by atoms with Gasteiger partial charge >= 0.3 is 0 Å². The topological polar surface area (TPSA) is 111 Å². The van der Waals surface area contributed by atoms with Crippen LogP contribution in [-0.4, -0.2) is 33.1 Å². The molecule has 0 radical (unpaired) electrons. The molecule has 0 spiro atoms. The van der Waals surface area contributed by atoms with Crippen LogP contribution in [0, 0.1) is 16.7 Å². The molecule has 8 nitrogen and oxygen atoms in total. The average Bonchev–Trinajstić information content (AvgIpc) is 3.14. The third-order valence-electron chi connectivity index (χ3n) is 4.17. The van der Waals surface area contributed by atoms with Crippen molar-refractivity contribution in [3.05, 3.63) is 35.8 Å². The van der Waals surface area contributed by atoms with Crippen molar-refractivity contribution in [2.75, 3.05) is 16.8 Å². The first-order valence-electron chi connectivity index (χ1n) is 8.45. The van der Waals surface area contributed by atoms with Gasteiger partial charge in [0.05, 0.1) is 0 Å². The number of allylic oxidation sites excluding steroid dienone is 1. The summed E-state index contributed by atoms with van der Waals surface area (Å²) in [5.41, 5.74) is 2.78. The fourth-order valence-electron chi connectivity index (χ4n) is 2.88. The summed E-state index contributed by atoms with van der Waals surface area (Å²) >= 11 is 0. The number of H-pyrrole nitrogens is 1. The fourth-order valence-corrected chi connectivity index (χ4v) is 2.88. The molecule has 8 heteroatoms. The highest BCUT2D eigenvalue weighted by Gasteiger charge is 2.30. The molecule has 0 bridgehead atoms. The van der Waals surface area contributed by atoms with Crippen molar-refractivity contribution >= 4 is 22.9 Å². The van der Waals surface area contributed by atoms with Gasteiger partial charge in [-0.25, -0.2) is 0 Å². The van der Waals surface area contributed by atoms with Crippen molar-refractivity contribution in [2.45, 2.75) is 33.6 Å². The molecular formula is C18H21N7O. The first-order chi connectivity index (χ1) is 12.4. The number of hydrogen-bond donors (Lipinski definition) is 2. The number of benzene rings is 1. The Balaban J connectivity index is 1.83. The second-order valence-electron chi connectivity index (χ2n) is 7.20. The standard InChI is InChI=1S/C18H21N7O/c1-18(2,3)17(26)25-8-4-5-12-9-14(6-7-15(12)25)20-11-13(10-19)16-21-23-24-22-16/h6-7,9,11,20H,4-5,8H2,1-3H3,(H,21,22,23,24). The van der Waals surface area contributed by atoms with Gasteiger partial charge in [-0.2, -0.15) is 10.5 Å². The third-order valence-corrected chi connectivity index (χ3v) is 4.17. The Morgan fingerprint density at radius 1 is 1.42 bits per heavy atom. The van der Waals surface area contributed by atoms with Gasteiger partial charge in [-0.1, -0.05) is 20.8 Å². The van der Waals surface area contributed by atoms with Crippen LogP contribution in [0.25, 0.3) is 5.57 Å². The molecule has 2 heterocycles. The van der Waals surface area contributed by atoms with Crippen molar-refractivity contribution in [1.29, 1.82) is 5.26 Å². The van der Waals surface area contributed by atoms with E-state index in [1.807, 2.05) is 49.9 Å². The van der Waals surface area contributed by atoms with E-state index >= 15 is 0 Å². The Morgan fingerprint density at radius 3 is 2.88 bits per heavy atom. The van der Waals surface area contributed by atoms with E-state index in [1.165, 1.54) is 0 Å². The minimum absolute atomic E-state index is 0.128. The number of aromatic amines is 1. The number of fused-ring (bicyclic) bond motifs is 1. The van der Waals surface area contributed by atoms with Crippen LogP contribution < -0.4 is 10.2 Å². The van der Waals surface area contributed by atoms with Gasteiger partial charge in [-0.15, -0.1) is 10.2 Å². The van der Waals surface area contributed by atoms with Crippen LogP contribution in [0.5, 0.6) is 0 Å². The molecule has 1 amide bonds. The fraction of sp³-hybridized carbons (Fsp3) is 0.389. The maximum absolute atomic E-state index is 12.7. The Kier molecular flexibility index (Phi) is 4.71. The van der Waals surface area contributed by atoms with E-state index in [0.717, 1.165) is 36.3 Å². The lowest BCUT2D eigenvalue weighted by Gasteiger charge is -2.34. The molecule has 0 fully saturated rings. The van der Waals surface area contributed by atoms with Crippen molar-refractivity contribution in [3.8, 4) is 6.07 Å². The second kappa shape index (κ2) is 6.96. The highest BCUT2D eigenvalue weighted by molar-refractivity contribution is 5.98. The van der Waals surface area contributed by atoms with Crippen LogP contribution >= 0.6 is 0 Å². The molecule has 1 aromatic heterocycles.